The van der Waals surface area contributed by atoms with Gasteiger partial charge in [-0.15, -0.1) is 0 Å². The van der Waals surface area contributed by atoms with Gasteiger partial charge in [0.2, 0.25) is 0 Å². The van der Waals surface area contributed by atoms with Crippen molar-refractivity contribution in [2.45, 2.75) is 19.9 Å². The predicted octanol–water partition coefficient (Wildman–Crippen LogP) is -0.376. The lowest BCUT2D eigenvalue weighted by Gasteiger charge is -2.08. The first-order valence-electron chi connectivity index (χ1n) is 3.38. The summed E-state index contributed by atoms with van der Waals surface area (Å²) >= 11 is 0. The van der Waals surface area contributed by atoms with Gasteiger partial charge in [0.05, 0.1) is 0 Å². The van der Waals surface area contributed by atoms with E-state index in [9.17, 15) is 4.79 Å². The summed E-state index contributed by atoms with van der Waals surface area (Å²) < 4.78 is 0. The zero-order valence-corrected chi connectivity index (χ0v) is 6.74. The number of nitrogens with one attached hydrogen (secondary N) is 1. The Labute approximate surface area is 65.8 Å². The van der Waals surface area contributed by atoms with Crippen molar-refractivity contribution in [1.82, 2.24) is 5.43 Å². The Balaban J connectivity index is 3.65. The Morgan fingerprint density at radius 1 is 1.64 bits per heavy atom. The van der Waals surface area contributed by atoms with Gasteiger partial charge in [-0.05, 0) is 5.92 Å². The molecule has 0 rings (SSSR count). The van der Waals surface area contributed by atoms with Crippen molar-refractivity contribution in [2.75, 3.05) is 0 Å². The number of primary amides is 1. The van der Waals surface area contributed by atoms with Crippen molar-refractivity contribution >= 4 is 12.2 Å². The van der Waals surface area contributed by atoms with Crippen LogP contribution in [0.2, 0.25) is 0 Å². The molecule has 0 heterocycles. The van der Waals surface area contributed by atoms with Gasteiger partial charge in [-0.25, -0.2) is 10.2 Å². The van der Waals surface area contributed by atoms with Gasteiger partial charge in [-0.2, -0.15) is 5.10 Å². The number of carbonyl (C=O) groups is 1. The summed E-state index contributed by atoms with van der Waals surface area (Å²) in [5.41, 5.74) is 12.4. The van der Waals surface area contributed by atoms with Gasteiger partial charge in [-0.1, -0.05) is 13.8 Å². The normalized spacial score (nSPS) is 13.8. The molecule has 5 heteroatoms. The van der Waals surface area contributed by atoms with Crippen LogP contribution in [0.3, 0.4) is 0 Å². The Kier molecular flexibility index (Phi) is 4.21. The lowest BCUT2D eigenvalue weighted by Crippen LogP contribution is -2.31. The molecule has 0 aromatic rings. The molecule has 64 valence electrons. The number of carbonyl (C=O) groups excluding carboxylic acids is 1. The molecule has 1 atom stereocenters. The van der Waals surface area contributed by atoms with Crippen LogP contribution in [0.25, 0.3) is 0 Å². The Hall–Kier alpha value is -1.10. The molecule has 0 aliphatic carbocycles. The van der Waals surface area contributed by atoms with Crippen LogP contribution >= 0.6 is 0 Å². The second kappa shape index (κ2) is 4.68. The molecular weight excluding hydrogens is 144 g/mol. The van der Waals surface area contributed by atoms with Gasteiger partial charge >= 0.3 is 6.03 Å². The van der Waals surface area contributed by atoms with Crippen LogP contribution < -0.4 is 16.9 Å². The fourth-order valence-electron chi connectivity index (χ4n) is 0.359. The van der Waals surface area contributed by atoms with Crippen molar-refractivity contribution in [3.05, 3.63) is 0 Å². The van der Waals surface area contributed by atoms with E-state index >= 15 is 0 Å². The number of hydrazone groups is 1. The Bertz CT molecular complexity index is 155. The Morgan fingerprint density at radius 2 is 2.18 bits per heavy atom. The first-order valence-corrected chi connectivity index (χ1v) is 3.38. The predicted molar refractivity (Wildman–Crippen MR) is 44.0 cm³/mol. The lowest BCUT2D eigenvalue weighted by atomic mass is 10.1. The van der Waals surface area contributed by atoms with Gasteiger partial charge in [0.1, 0.15) is 0 Å². The summed E-state index contributed by atoms with van der Waals surface area (Å²) in [6.07, 6.45) is 1.45. The molecule has 2 amide bonds. The molecule has 0 saturated heterocycles. The maximum absolute atomic E-state index is 10.1. The monoisotopic (exact) mass is 158 g/mol. The van der Waals surface area contributed by atoms with E-state index in [2.05, 4.69) is 10.5 Å². The van der Waals surface area contributed by atoms with E-state index in [0.717, 1.165) is 0 Å². The van der Waals surface area contributed by atoms with Crippen LogP contribution in [0.15, 0.2) is 5.10 Å². The number of nitrogens with two attached hydrogens (primary N) is 2. The highest BCUT2D eigenvalue weighted by molar-refractivity contribution is 5.73. The largest absolute Gasteiger partial charge is 0.350 e. The lowest BCUT2D eigenvalue weighted by molar-refractivity contribution is 0.249. The molecule has 0 radical (unpaired) electrons. The summed E-state index contributed by atoms with van der Waals surface area (Å²) in [5, 5.41) is 3.52. The topological polar surface area (TPSA) is 93.5 Å². The van der Waals surface area contributed by atoms with E-state index in [4.69, 9.17) is 11.5 Å². The van der Waals surface area contributed by atoms with Gasteiger partial charge in [0.25, 0.3) is 0 Å². The van der Waals surface area contributed by atoms with Gasteiger partial charge in [0, 0.05) is 12.3 Å². The Morgan fingerprint density at radius 3 is 2.55 bits per heavy atom. The molecule has 5 nitrogen and oxygen atoms in total. The van der Waals surface area contributed by atoms with E-state index in [1.807, 2.05) is 13.8 Å². The molecule has 0 aliphatic heterocycles. The summed E-state index contributed by atoms with van der Waals surface area (Å²) in [6.45, 7) is 3.92. The first kappa shape index (κ1) is 9.90. The van der Waals surface area contributed by atoms with Crippen molar-refractivity contribution in [1.29, 1.82) is 0 Å². The molecule has 0 saturated carbocycles. The summed E-state index contributed by atoms with van der Waals surface area (Å²) in [5.74, 6) is 0.299. The maximum atomic E-state index is 10.1. The minimum absolute atomic E-state index is 0.151. The van der Waals surface area contributed by atoms with Crippen LogP contribution in [0, 0.1) is 5.92 Å². The molecule has 0 unspecified atom stereocenters. The molecule has 0 fully saturated rings. The maximum Gasteiger partial charge on any atom is 0.332 e. The average molecular weight is 158 g/mol. The van der Waals surface area contributed by atoms with Gasteiger partial charge in [-0.3, -0.25) is 0 Å². The van der Waals surface area contributed by atoms with Crippen LogP contribution in [-0.4, -0.2) is 18.3 Å². The van der Waals surface area contributed by atoms with Crippen LogP contribution in [-0.2, 0) is 0 Å². The highest BCUT2D eigenvalue weighted by Gasteiger charge is 2.02. The third-order valence-electron chi connectivity index (χ3n) is 1.19. The minimum atomic E-state index is -0.683. The molecule has 0 aliphatic rings. The van der Waals surface area contributed by atoms with E-state index in [1.54, 1.807) is 0 Å². The zero-order valence-electron chi connectivity index (χ0n) is 6.74. The van der Waals surface area contributed by atoms with E-state index < -0.39 is 6.03 Å². The molecule has 0 bridgehead atoms. The summed E-state index contributed by atoms with van der Waals surface area (Å²) in [7, 11) is 0. The molecular formula is C6H14N4O. The summed E-state index contributed by atoms with van der Waals surface area (Å²) in [6, 6.07) is -0.834. The van der Waals surface area contributed by atoms with E-state index in [0.29, 0.717) is 5.92 Å². The van der Waals surface area contributed by atoms with E-state index in [-0.39, 0.29) is 6.04 Å². The van der Waals surface area contributed by atoms with Gasteiger partial charge in [0.15, 0.2) is 0 Å². The smallest absolute Gasteiger partial charge is 0.332 e. The van der Waals surface area contributed by atoms with Crippen molar-refractivity contribution in [3.63, 3.8) is 0 Å². The van der Waals surface area contributed by atoms with Crippen molar-refractivity contribution < 1.29 is 4.79 Å². The van der Waals surface area contributed by atoms with Crippen LogP contribution in [0.5, 0.6) is 0 Å². The number of urea groups is 1. The number of nitrogens with zero attached hydrogens (tertiary/aromatic N) is 1. The average Bonchev–Trinajstić information content (AvgIpc) is 1.86. The SMILES string of the molecule is CC(C)[C@H](N)C=NNC(N)=O. The summed E-state index contributed by atoms with van der Waals surface area (Å²) in [4.78, 5) is 10.1. The van der Waals surface area contributed by atoms with E-state index in [1.165, 1.54) is 6.21 Å². The highest BCUT2D eigenvalue weighted by atomic mass is 16.2. The fourth-order valence-corrected chi connectivity index (χ4v) is 0.359. The number of amides is 2. The molecule has 11 heavy (non-hydrogen) atoms. The minimum Gasteiger partial charge on any atom is -0.350 e. The standard InChI is InChI=1S/C6H14N4O/c1-4(2)5(7)3-9-10-6(8)11/h3-5H,7H2,1-2H3,(H3,8,10,11)/t5-/m1/s1. The fraction of sp³-hybridized carbons (Fsp3) is 0.667. The number of hydrogen-bond acceptors (Lipinski definition) is 3. The quantitative estimate of drug-likeness (QED) is 0.386. The van der Waals surface area contributed by atoms with Crippen LogP contribution in [0.1, 0.15) is 13.8 Å². The molecule has 0 spiro atoms. The number of hydrogen-bond donors (Lipinski definition) is 3. The van der Waals surface area contributed by atoms with Crippen LogP contribution in [0.4, 0.5) is 4.79 Å². The molecule has 0 aromatic carbocycles. The first-order chi connectivity index (χ1) is 5.04. The zero-order chi connectivity index (χ0) is 8.85. The molecule has 0 aromatic heterocycles. The second-order valence-electron chi connectivity index (χ2n) is 2.58. The van der Waals surface area contributed by atoms with Crippen molar-refractivity contribution in [3.8, 4) is 0 Å². The highest BCUT2D eigenvalue weighted by Crippen LogP contribution is 1.93. The van der Waals surface area contributed by atoms with Gasteiger partial charge < -0.3 is 11.5 Å². The second-order valence-corrected chi connectivity index (χ2v) is 2.58. The third-order valence-corrected chi connectivity index (χ3v) is 1.19. The number of rotatable bonds is 3. The molecule has 5 N–H and O–H groups in total. The van der Waals surface area contributed by atoms with Crippen molar-refractivity contribution in [2.24, 2.45) is 22.5 Å². The third kappa shape index (κ3) is 5.35.